The van der Waals surface area contributed by atoms with Crippen LogP contribution in [0.1, 0.15) is 26.7 Å². The number of hydrogen-bond acceptors (Lipinski definition) is 4. The monoisotopic (exact) mass is 204 g/mol. The van der Waals surface area contributed by atoms with Crippen LogP contribution >= 0.6 is 0 Å². The fourth-order valence-electron chi connectivity index (χ4n) is 1.05. The first-order valence-corrected chi connectivity index (χ1v) is 5.01. The van der Waals surface area contributed by atoms with Gasteiger partial charge < -0.3 is 14.2 Å². The second kappa shape index (κ2) is 9.12. The molecule has 0 rings (SSSR count). The summed E-state index contributed by atoms with van der Waals surface area (Å²) in [7, 11) is 1.62. The van der Waals surface area contributed by atoms with Crippen LogP contribution in [-0.2, 0) is 19.0 Å². The van der Waals surface area contributed by atoms with E-state index in [1.165, 1.54) is 0 Å². The van der Waals surface area contributed by atoms with Crippen molar-refractivity contribution in [1.82, 2.24) is 0 Å². The molecule has 0 spiro atoms. The van der Waals surface area contributed by atoms with Crippen LogP contribution in [0.25, 0.3) is 0 Å². The van der Waals surface area contributed by atoms with E-state index < -0.39 is 6.29 Å². The molecule has 0 radical (unpaired) electrons. The molecule has 0 heterocycles. The molecule has 0 aliphatic rings. The van der Waals surface area contributed by atoms with Gasteiger partial charge in [-0.2, -0.15) is 0 Å². The lowest BCUT2D eigenvalue weighted by molar-refractivity contribution is -0.168. The predicted molar refractivity (Wildman–Crippen MR) is 53.2 cm³/mol. The molecule has 0 fully saturated rings. The standard InChI is InChI=1S/C10H20O4/c1-4-13-10(14-5-2)9(11)7-6-8-12-3/h10H,4-8H2,1-3H3. The van der Waals surface area contributed by atoms with Crippen molar-refractivity contribution in [2.75, 3.05) is 26.9 Å². The van der Waals surface area contributed by atoms with E-state index in [-0.39, 0.29) is 5.78 Å². The first kappa shape index (κ1) is 13.5. The van der Waals surface area contributed by atoms with Gasteiger partial charge in [-0.05, 0) is 20.3 Å². The van der Waals surface area contributed by atoms with Crippen molar-refractivity contribution in [3.05, 3.63) is 0 Å². The van der Waals surface area contributed by atoms with E-state index in [4.69, 9.17) is 14.2 Å². The van der Waals surface area contributed by atoms with Gasteiger partial charge in [-0.1, -0.05) is 0 Å². The summed E-state index contributed by atoms with van der Waals surface area (Å²) in [6.07, 6.45) is 0.465. The van der Waals surface area contributed by atoms with Gasteiger partial charge in [0.2, 0.25) is 6.29 Å². The number of Topliss-reactive ketones (excluding diaryl/α,β-unsaturated/α-hetero) is 1. The number of methoxy groups -OCH3 is 1. The van der Waals surface area contributed by atoms with Crippen LogP contribution in [0, 0.1) is 0 Å². The zero-order valence-electron chi connectivity index (χ0n) is 9.25. The van der Waals surface area contributed by atoms with Gasteiger partial charge in [0.05, 0.1) is 0 Å². The molecule has 14 heavy (non-hydrogen) atoms. The van der Waals surface area contributed by atoms with Crippen LogP contribution in [0.3, 0.4) is 0 Å². The summed E-state index contributed by atoms with van der Waals surface area (Å²) >= 11 is 0. The highest BCUT2D eigenvalue weighted by Gasteiger charge is 2.17. The summed E-state index contributed by atoms with van der Waals surface area (Å²) in [6, 6.07) is 0. The van der Waals surface area contributed by atoms with E-state index in [1.807, 2.05) is 13.8 Å². The second-order valence-corrected chi connectivity index (χ2v) is 2.81. The lowest BCUT2D eigenvalue weighted by atomic mass is 10.2. The van der Waals surface area contributed by atoms with Crippen molar-refractivity contribution in [2.24, 2.45) is 0 Å². The molecular weight excluding hydrogens is 184 g/mol. The Labute approximate surface area is 85.5 Å². The molecule has 0 aliphatic carbocycles. The number of rotatable bonds is 9. The number of hydrogen-bond donors (Lipinski definition) is 0. The Morgan fingerprint density at radius 2 is 1.79 bits per heavy atom. The molecule has 0 saturated heterocycles. The molecule has 0 unspecified atom stereocenters. The molecule has 0 aromatic heterocycles. The molecule has 4 nitrogen and oxygen atoms in total. The maximum absolute atomic E-state index is 11.5. The Bertz CT molecular complexity index is 141. The molecule has 0 atom stereocenters. The van der Waals surface area contributed by atoms with Crippen LogP contribution < -0.4 is 0 Å². The number of ether oxygens (including phenoxy) is 3. The molecule has 0 aromatic rings. The van der Waals surface area contributed by atoms with Gasteiger partial charge in [0.1, 0.15) is 0 Å². The molecule has 0 bridgehead atoms. The number of ketones is 1. The molecule has 0 aromatic carbocycles. The van der Waals surface area contributed by atoms with Gasteiger partial charge in [0, 0.05) is 33.4 Å². The van der Waals surface area contributed by atoms with Gasteiger partial charge in [-0.3, -0.25) is 4.79 Å². The van der Waals surface area contributed by atoms with E-state index in [0.717, 1.165) is 0 Å². The maximum Gasteiger partial charge on any atom is 0.217 e. The Morgan fingerprint density at radius 3 is 2.21 bits per heavy atom. The van der Waals surface area contributed by atoms with Crippen LogP contribution in [0.15, 0.2) is 0 Å². The van der Waals surface area contributed by atoms with Crippen LogP contribution in [-0.4, -0.2) is 39.0 Å². The van der Waals surface area contributed by atoms with Crippen molar-refractivity contribution in [3.8, 4) is 0 Å². The van der Waals surface area contributed by atoms with E-state index in [2.05, 4.69) is 0 Å². The van der Waals surface area contributed by atoms with Gasteiger partial charge in [-0.25, -0.2) is 0 Å². The lowest BCUT2D eigenvalue weighted by Crippen LogP contribution is -2.27. The second-order valence-electron chi connectivity index (χ2n) is 2.81. The summed E-state index contributed by atoms with van der Waals surface area (Å²) in [5.41, 5.74) is 0. The van der Waals surface area contributed by atoms with Crippen molar-refractivity contribution in [1.29, 1.82) is 0 Å². The number of carbonyl (C=O) groups is 1. The van der Waals surface area contributed by atoms with Crippen LogP contribution in [0.5, 0.6) is 0 Å². The largest absolute Gasteiger partial charge is 0.385 e. The minimum absolute atomic E-state index is 0.00856. The fourth-order valence-corrected chi connectivity index (χ4v) is 1.05. The minimum Gasteiger partial charge on any atom is -0.385 e. The average Bonchev–Trinajstić information content (AvgIpc) is 2.18. The van der Waals surface area contributed by atoms with Crippen molar-refractivity contribution < 1.29 is 19.0 Å². The third-order valence-electron chi connectivity index (χ3n) is 1.67. The Morgan fingerprint density at radius 1 is 1.21 bits per heavy atom. The van der Waals surface area contributed by atoms with E-state index in [9.17, 15) is 4.79 Å². The SMILES string of the molecule is CCOC(OCC)C(=O)CCCOC. The highest BCUT2D eigenvalue weighted by Crippen LogP contribution is 2.02. The molecule has 0 aliphatic heterocycles. The van der Waals surface area contributed by atoms with Gasteiger partial charge >= 0.3 is 0 Å². The first-order chi connectivity index (χ1) is 6.76. The lowest BCUT2D eigenvalue weighted by Gasteiger charge is -2.15. The van der Waals surface area contributed by atoms with Crippen molar-refractivity contribution >= 4 is 5.78 Å². The fraction of sp³-hybridized carbons (Fsp3) is 0.900. The van der Waals surface area contributed by atoms with Crippen LogP contribution in [0.2, 0.25) is 0 Å². The molecule has 0 saturated carbocycles. The highest BCUT2D eigenvalue weighted by atomic mass is 16.7. The Hall–Kier alpha value is -0.450. The number of carbonyl (C=O) groups excluding carboxylic acids is 1. The zero-order chi connectivity index (χ0) is 10.8. The Balaban J connectivity index is 3.76. The summed E-state index contributed by atoms with van der Waals surface area (Å²) in [5.74, 6) is -0.00856. The third kappa shape index (κ3) is 6.07. The van der Waals surface area contributed by atoms with Gasteiger partial charge in [0.15, 0.2) is 5.78 Å². The van der Waals surface area contributed by atoms with Crippen molar-refractivity contribution in [3.63, 3.8) is 0 Å². The zero-order valence-corrected chi connectivity index (χ0v) is 9.25. The summed E-state index contributed by atoms with van der Waals surface area (Å²) in [4.78, 5) is 11.5. The molecule has 0 N–H and O–H groups in total. The average molecular weight is 204 g/mol. The van der Waals surface area contributed by atoms with E-state index in [0.29, 0.717) is 32.7 Å². The molecule has 4 heteroatoms. The minimum atomic E-state index is -0.693. The summed E-state index contributed by atoms with van der Waals surface area (Å²) in [5, 5.41) is 0. The smallest absolute Gasteiger partial charge is 0.217 e. The van der Waals surface area contributed by atoms with E-state index in [1.54, 1.807) is 7.11 Å². The summed E-state index contributed by atoms with van der Waals surface area (Å²) in [6.45, 7) is 5.25. The summed E-state index contributed by atoms with van der Waals surface area (Å²) < 4.78 is 15.2. The van der Waals surface area contributed by atoms with E-state index >= 15 is 0 Å². The third-order valence-corrected chi connectivity index (χ3v) is 1.67. The van der Waals surface area contributed by atoms with Gasteiger partial charge in [-0.15, -0.1) is 0 Å². The normalized spacial score (nSPS) is 10.9. The predicted octanol–water partition coefficient (Wildman–Crippen LogP) is 1.38. The first-order valence-electron chi connectivity index (χ1n) is 5.01. The van der Waals surface area contributed by atoms with Crippen LogP contribution in [0.4, 0.5) is 0 Å². The molecule has 84 valence electrons. The Kier molecular flexibility index (Phi) is 8.83. The van der Waals surface area contributed by atoms with Crippen molar-refractivity contribution in [2.45, 2.75) is 33.0 Å². The van der Waals surface area contributed by atoms with Gasteiger partial charge in [0.25, 0.3) is 0 Å². The molecular formula is C10H20O4. The molecule has 0 amide bonds. The topological polar surface area (TPSA) is 44.8 Å². The maximum atomic E-state index is 11.5. The highest BCUT2D eigenvalue weighted by molar-refractivity contribution is 5.81. The quantitative estimate of drug-likeness (QED) is 0.420.